The van der Waals surface area contributed by atoms with Gasteiger partial charge in [0.25, 0.3) is 0 Å². The first kappa shape index (κ1) is 28.5. The van der Waals surface area contributed by atoms with Crippen LogP contribution in [0.25, 0.3) is 0 Å². The molecule has 0 atom stereocenters. The van der Waals surface area contributed by atoms with Gasteiger partial charge in [-0.3, -0.25) is 0 Å². The number of rotatable bonds is 9. The Balaban J connectivity index is 1.54. The zero-order chi connectivity index (χ0) is 28.4. The van der Waals surface area contributed by atoms with Crippen molar-refractivity contribution in [2.75, 3.05) is 22.9 Å². The van der Waals surface area contributed by atoms with Crippen LogP contribution in [0.2, 0.25) is 0 Å². The maximum atomic E-state index is 13.7. The molecule has 2 aliphatic rings. The van der Waals surface area contributed by atoms with Gasteiger partial charge in [-0.25, -0.2) is 4.98 Å². The number of alkyl halides is 3. The lowest BCUT2D eigenvalue weighted by molar-refractivity contribution is -0.137. The van der Waals surface area contributed by atoms with E-state index in [1.54, 1.807) is 17.4 Å². The van der Waals surface area contributed by atoms with Crippen LogP contribution in [-0.4, -0.2) is 18.1 Å². The molecule has 2 aromatic carbocycles. The van der Waals surface area contributed by atoms with Gasteiger partial charge in [0, 0.05) is 36.7 Å². The number of aryl methyl sites for hydroxylation is 4. The number of benzene rings is 2. The molecule has 40 heavy (non-hydrogen) atoms. The molecule has 1 saturated carbocycles. The van der Waals surface area contributed by atoms with Crippen LogP contribution in [0.4, 0.5) is 24.0 Å². The van der Waals surface area contributed by atoms with Crippen LogP contribution < -0.4 is 9.80 Å². The number of halogens is 3. The Hall–Kier alpha value is -3.05. The molecule has 4 nitrogen and oxygen atoms in total. The summed E-state index contributed by atoms with van der Waals surface area (Å²) in [5.41, 5.74) is 5.85. The molecule has 1 aromatic heterocycles. The van der Waals surface area contributed by atoms with Gasteiger partial charge in [0.2, 0.25) is 0 Å². The largest absolute Gasteiger partial charge is 0.416 e. The Morgan fingerprint density at radius 1 is 0.975 bits per heavy atom. The Morgan fingerprint density at radius 2 is 1.70 bits per heavy atom. The number of aromatic nitrogens is 1. The first-order chi connectivity index (χ1) is 19.1. The highest BCUT2D eigenvalue weighted by Gasteiger charge is 2.32. The fourth-order valence-corrected chi connectivity index (χ4v) is 7.11. The predicted octanol–water partition coefficient (Wildman–Crippen LogP) is 8.36. The third kappa shape index (κ3) is 6.30. The fourth-order valence-electron chi connectivity index (χ4n) is 6.21. The summed E-state index contributed by atoms with van der Waals surface area (Å²) < 4.78 is 41.1. The second-order valence-electron chi connectivity index (χ2n) is 11.3. The van der Waals surface area contributed by atoms with Gasteiger partial charge in [-0.05, 0) is 105 Å². The number of thiazole rings is 1. The molecule has 212 valence electrons. The maximum absolute atomic E-state index is 13.7. The van der Waals surface area contributed by atoms with Crippen LogP contribution in [-0.2, 0) is 32.1 Å². The molecule has 0 bridgehead atoms. The van der Waals surface area contributed by atoms with Gasteiger partial charge in [0.15, 0.2) is 5.13 Å². The maximum Gasteiger partial charge on any atom is 0.416 e. The summed E-state index contributed by atoms with van der Waals surface area (Å²) in [5.74, 6) is 0.705. The number of anilines is 2. The molecule has 8 heteroatoms. The highest BCUT2D eigenvalue weighted by molar-refractivity contribution is 7.15. The lowest BCUT2D eigenvalue weighted by atomic mass is 10.0. The van der Waals surface area contributed by atoms with Crippen LogP contribution in [0.5, 0.6) is 0 Å². The van der Waals surface area contributed by atoms with E-state index in [4.69, 9.17) is 4.98 Å². The van der Waals surface area contributed by atoms with E-state index in [0.29, 0.717) is 18.0 Å². The zero-order valence-corrected chi connectivity index (χ0v) is 24.4. The average Bonchev–Trinajstić information content (AvgIpc) is 3.68. The van der Waals surface area contributed by atoms with E-state index in [9.17, 15) is 18.4 Å². The van der Waals surface area contributed by atoms with Crippen LogP contribution in [0.1, 0.15) is 83.0 Å². The normalized spacial score (nSPS) is 15.3. The number of fused-ring (bicyclic) bond motifs is 1. The van der Waals surface area contributed by atoms with Gasteiger partial charge in [-0.1, -0.05) is 18.9 Å². The molecule has 1 fully saturated rings. The summed E-state index contributed by atoms with van der Waals surface area (Å²) >= 11 is 1.57. The highest BCUT2D eigenvalue weighted by atomic mass is 32.1. The Bertz CT molecular complexity index is 1380. The first-order valence-corrected chi connectivity index (χ1v) is 15.2. The summed E-state index contributed by atoms with van der Waals surface area (Å²) in [6.45, 7) is 8.92. The highest BCUT2D eigenvalue weighted by Crippen LogP contribution is 2.37. The predicted molar refractivity (Wildman–Crippen MR) is 156 cm³/mol. The minimum Gasteiger partial charge on any atom is -0.371 e. The molecule has 0 amide bonds. The minimum absolute atomic E-state index is 0.0169. The minimum atomic E-state index is -4.52. The Kier molecular flexibility index (Phi) is 8.42. The van der Waals surface area contributed by atoms with E-state index >= 15 is 0 Å². The lowest BCUT2D eigenvalue weighted by Gasteiger charge is -2.31. The van der Waals surface area contributed by atoms with Crippen molar-refractivity contribution >= 4 is 22.2 Å². The van der Waals surface area contributed by atoms with Gasteiger partial charge in [-0.15, -0.1) is 11.3 Å². The van der Waals surface area contributed by atoms with Gasteiger partial charge in [0.05, 0.1) is 22.9 Å². The molecular formula is C32H37F3N4S. The van der Waals surface area contributed by atoms with Crippen LogP contribution in [0.3, 0.4) is 0 Å². The second-order valence-corrected chi connectivity index (χ2v) is 12.5. The van der Waals surface area contributed by atoms with E-state index in [-0.39, 0.29) is 12.1 Å². The zero-order valence-electron chi connectivity index (χ0n) is 23.6. The van der Waals surface area contributed by atoms with Gasteiger partial charge >= 0.3 is 6.18 Å². The third-order valence-electron chi connectivity index (χ3n) is 8.44. The Labute approximate surface area is 239 Å². The summed E-state index contributed by atoms with van der Waals surface area (Å²) in [6.07, 6.45) is 3.95. The van der Waals surface area contributed by atoms with Gasteiger partial charge in [0.1, 0.15) is 0 Å². The van der Waals surface area contributed by atoms with Gasteiger partial charge in [-0.2, -0.15) is 18.4 Å². The molecule has 3 aromatic rings. The smallest absolute Gasteiger partial charge is 0.371 e. The molecule has 0 N–H and O–H groups in total. The van der Waals surface area contributed by atoms with Crippen LogP contribution in [0, 0.1) is 31.1 Å². The fraction of sp³-hybridized carbons (Fsp3) is 0.500. The molecule has 2 aliphatic carbocycles. The average molecular weight is 567 g/mol. The second kappa shape index (κ2) is 11.8. The number of nitriles is 1. The van der Waals surface area contributed by atoms with E-state index < -0.39 is 11.7 Å². The van der Waals surface area contributed by atoms with Crippen molar-refractivity contribution < 1.29 is 13.2 Å². The van der Waals surface area contributed by atoms with E-state index in [0.717, 1.165) is 54.1 Å². The molecule has 0 radical (unpaired) electrons. The molecule has 0 spiro atoms. The molecule has 1 heterocycles. The van der Waals surface area contributed by atoms with Crippen molar-refractivity contribution in [1.82, 2.24) is 4.98 Å². The SMILES string of the molecule is CCN(CC1CCCC1)c1cc2c(cc1CN(Cc1cc(C#N)cc(C(F)(F)F)c1)c1nc(C)c(C)s1)CCC2. The first-order valence-electron chi connectivity index (χ1n) is 14.3. The summed E-state index contributed by atoms with van der Waals surface area (Å²) in [5, 5.41) is 10.3. The van der Waals surface area contributed by atoms with Crippen molar-refractivity contribution in [3.8, 4) is 6.07 Å². The van der Waals surface area contributed by atoms with Crippen molar-refractivity contribution in [2.24, 2.45) is 5.92 Å². The van der Waals surface area contributed by atoms with Gasteiger partial charge < -0.3 is 9.80 Å². The van der Waals surface area contributed by atoms with Crippen molar-refractivity contribution in [3.05, 3.63) is 74.3 Å². The summed E-state index contributed by atoms with van der Waals surface area (Å²) in [4.78, 5) is 10.5. The molecule has 0 saturated heterocycles. The topological polar surface area (TPSA) is 43.2 Å². The number of hydrogen-bond donors (Lipinski definition) is 0. The number of nitrogens with zero attached hydrogens (tertiary/aromatic N) is 4. The third-order valence-corrected chi connectivity index (χ3v) is 9.57. The van der Waals surface area contributed by atoms with E-state index in [1.807, 2.05) is 19.9 Å². The molecule has 0 aliphatic heterocycles. The summed E-state index contributed by atoms with van der Waals surface area (Å²) in [7, 11) is 0. The number of hydrogen-bond acceptors (Lipinski definition) is 5. The van der Waals surface area contributed by atoms with Crippen molar-refractivity contribution in [1.29, 1.82) is 5.26 Å². The molecular weight excluding hydrogens is 529 g/mol. The van der Waals surface area contributed by atoms with E-state index in [1.165, 1.54) is 54.1 Å². The lowest BCUT2D eigenvalue weighted by Crippen LogP contribution is -2.31. The standard InChI is InChI=1S/C32H37F3N4S/c1-4-38(18-23-8-5-6-9-23)30-16-27-11-7-10-26(27)15-28(30)20-39(31-37-21(2)22(3)40-31)19-25-12-24(17-36)13-29(14-25)32(33,34)35/h12-16,23H,4-11,18-20H2,1-3H3. The van der Waals surface area contributed by atoms with E-state index in [2.05, 4.69) is 28.9 Å². The Morgan fingerprint density at radius 3 is 2.33 bits per heavy atom. The van der Waals surface area contributed by atoms with Crippen LogP contribution in [0.15, 0.2) is 30.3 Å². The van der Waals surface area contributed by atoms with Crippen LogP contribution >= 0.6 is 11.3 Å². The molecule has 5 rings (SSSR count). The quantitative estimate of drug-likeness (QED) is 0.261. The monoisotopic (exact) mass is 566 g/mol. The molecule has 0 unspecified atom stereocenters. The summed E-state index contributed by atoms with van der Waals surface area (Å²) in [6, 6.07) is 10.3. The van der Waals surface area contributed by atoms with Crippen molar-refractivity contribution in [2.45, 2.75) is 85.0 Å². The van der Waals surface area contributed by atoms with Crippen molar-refractivity contribution in [3.63, 3.8) is 0 Å².